The largest absolute Gasteiger partial charge is 0.396 e. The SMILES string of the molecule is N/C(=C(\N=C(Cc1ccccc1)c1ccccc1)c1ccc(-c2ccc3c(c2)C2=CC4C(C=C2C32CCCCC2)c2ccccc2C42CCCCC2)cc1)c1ccccc1. The van der Waals surface area contributed by atoms with Crippen molar-refractivity contribution in [3.8, 4) is 11.1 Å². The Kier molecular flexibility index (Phi) is 9.41. The lowest BCUT2D eigenvalue weighted by Crippen LogP contribution is -2.35. The molecule has 0 amide bonds. The summed E-state index contributed by atoms with van der Waals surface area (Å²) in [6, 6.07) is 57.4. The van der Waals surface area contributed by atoms with E-state index in [0.717, 1.165) is 28.1 Å². The van der Waals surface area contributed by atoms with E-state index in [9.17, 15) is 0 Å². The van der Waals surface area contributed by atoms with Crippen LogP contribution in [0.1, 0.15) is 115 Å². The third-order valence-corrected chi connectivity index (χ3v) is 15.1. The highest BCUT2D eigenvalue weighted by Crippen LogP contribution is 2.65. The smallest absolute Gasteiger partial charge is 0.0941 e. The highest BCUT2D eigenvalue weighted by atomic mass is 14.8. The topological polar surface area (TPSA) is 38.4 Å². The van der Waals surface area contributed by atoms with Crippen LogP contribution < -0.4 is 5.73 Å². The summed E-state index contributed by atoms with van der Waals surface area (Å²) in [6.45, 7) is 0. The molecule has 6 aromatic rings. The second-order valence-electron chi connectivity index (χ2n) is 18.2. The summed E-state index contributed by atoms with van der Waals surface area (Å²) in [4.78, 5) is 5.47. The summed E-state index contributed by atoms with van der Waals surface area (Å²) in [6.07, 6.45) is 19.5. The molecule has 0 radical (unpaired) electrons. The van der Waals surface area contributed by atoms with Crippen LogP contribution in [-0.4, -0.2) is 5.71 Å². The molecule has 0 heterocycles. The van der Waals surface area contributed by atoms with E-state index in [0.29, 0.717) is 24.0 Å². The minimum Gasteiger partial charge on any atom is -0.396 e. The van der Waals surface area contributed by atoms with Crippen molar-refractivity contribution >= 4 is 22.7 Å². The fourth-order valence-electron chi connectivity index (χ4n) is 12.2. The van der Waals surface area contributed by atoms with Gasteiger partial charge in [-0.1, -0.05) is 202 Å². The summed E-state index contributed by atoms with van der Waals surface area (Å²) < 4.78 is 0. The average molecular weight is 779 g/mol. The second kappa shape index (κ2) is 15.2. The first kappa shape index (κ1) is 37.0. The van der Waals surface area contributed by atoms with Crippen molar-refractivity contribution in [2.75, 3.05) is 0 Å². The number of allylic oxidation sites excluding steroid dienone is 4. The van der Waals surface area contributed by atoms with Gasteiger partial charge in [0.2, 0.25) is 0 Å². The molecule has 0 aromatic heterocycles. The van der Waals surface area contributed by atoms with E-state index >= 15 is 0 Å². The van der Waals surface area contributed by atoms with Gasteiger partial charge in [0, 0.05) is 28.7 Å². The Morgan fingerprint density at radius 2 is 1.17 bits per heavy atom. The predicted octanol–water partition coefficient (Wildman–Crippen LogP) is 14.0. The van der Waals surface area contributed by atoms with Crippen LogP contribution in [0.4, 0.5) is 0 Å². The summed E-state index contributed by atoms with van der Waals surface area (Å²) >= 11 is 0. The van der Waals surface area contributed by atoms with Gasteiger partial charge in [0.05, 0.1) is 17.1 Å². The van der Waals surface area contributed by atoms with Crippen molar-refractivity contribution in [1.29, 1.82) is 0 Å². The van der Waals surface area contributed by atoms with Crippen LogP contribution >= 0.6 is 0 Å². The molecule has 60 heavy (non-hydrogen) atoms. The van der Waals surface area contributed by atoms with Crippen LogP contribution in [0.2, 0.25) is 0 Å². The second-order valence-corrected chi connectivity index (χ2v) is 18.2. The van der Waals surface area contributed by atoms with Gasteiger partial charge in [-0.15, -0.1) is 0 Å². The molecular weight excluding hydrogens is 725 g/mol. The van der Waals surface area contributed by atoms with Gasteiger partial charge >= 0.3 is 0 Å². The van der Waals surface area contributed by atoms with E-state index < -0.39 is 0 Å². The van der Waals surface area contributed by atoms with Crippen molar-refractivity contribution < 1.29 is 0 Å². The van der Waals surface area contributed by atoms with Crippen LogP contribution in [0.15, 0.2) is 180 Å². The third-order valence-electron chi connectivity index (χ3n) is 15.1. The highest BCUT2D eigenvalue weighted by Gasteiger charge is 2.55. The highest BCUT2D eigenvalue weighted by molar-refractivity contribution is 6.07. The van der Waals surface area contributed by atoms with E-state index in [1.165, 1.54) is 86.5 Å². The van der Waals surface area contributed by atoms with Gasteiger partial charge in [0.15, 0.2) is 0 Å². The summed E-state index contributed by atoms with van der Waals surface area (Å²) in [5, 5.41) is 0. The molecule has 296 valence electrons. The van der Waals surface area contributed by atoms with Crippen LogP contribution in [0.5, 0.6) is 0 Å². The molecule has 0 aliphatic heterocycles. The fraction of sp³-hybridized carbons (Fsp3) is 0.259. The van der Waals surface area contributed by atoms with Gasteiger partial charge in [0.25, 0.3) is 0 Å². The summed E-state index contributed by atoms with van der Waals surface area (Å²) in [5.41, 5.74) is 26.3. The number of aliphatic imine (C=N–C) groups is 1. The van der Waals surface area contributed by atoms with E-state index in [1.807, 2.05) is 18.2 Å². The Balaban J connectivity index is 1.00. The molecule has 6 aromatic carbocycles. The Morgan fingerprint density at radius 1 is 0.550 bits per heavy atom. The van der Waals surface area contributed by atoms with Crippen LogP contribution in [-0.2, 0) is 17.3 Å². The minimum atomic E-state index is 0.132. The minimum absolute atomic E-state index is 0.132. The van der Waals surface area contributed by atoms with E-state index in [-0.39, 0.29) is 10.8 Å². The van der Waals surface area contributed by atoms with Gasteiger partial charge < -0.3 is 5.73 Å². The maximum atomic E-state index is 7.11. The van der Waals surface area contributed by atoms with Crippen LogP contribution in [0, 0.1) is 5.92 Å². The lowest BCUT2D eigenvalue weighted by Gasteiger charge is -2.43. The summed E-state index contributed by atoms with van der Waals surface area (Å²) in [7, 11) is 0. The predicted molar refractivity (Wildman–Crippen MR) is 251 cm³/mol. The number of nitrogens with two attached hydrogens (primary N) is 1. The Labute approximate surface area is 356 Å². The fourth-order valence-corrected chi connectivity index (χ4v) is 12.2. The first-order valence-electron chi connectivity index (χ1n) is 22.6. The Bertz CT molecular complexity index is 2670. The van der Waals surface area contributed by atoms with Crippen molar-refractivity contribution in [1.82, 2.24) is 0 Å². The number of hydrogen-bond donors (Lipinski definition) is 1. The molecule has 11 rings (SSSR count). The molecule has 2 spiro atoms. The molecule has 2 unspecified atom stereocenters. The molecule has 5 aliphatic carbocycles. The normalized spacial score (nSPS) is 21.3. The quantitative estimate of drug-likeness (QED) is 0.127. The zero-order chi connectivity index (χ0) is 40.1. The number of hydrogen-bond acceptors (Lipinski definition) is 2. The number of fused-ring (bicyclic) bond motifs is 10. The van der Waals surface area contributed by atoms with Crippen LogP contribution in [0.3, 0.4) is 0 Å². The molecule has 0 saturated heterocycles. The van der Waals surface area contributed by atoms with Crippen molar-refractivity contribution in [2.24, 2.45) is 16.6 Å². The van der Waals surface area contributed by atoms with Crippen molar-refractivity contribution in [3.05, 3.63) is 220 Å². The Morgan fingerprint density at radius 3 is 1.88 bits per heavy atom. The maximum absolute atomic E-state index is 7.11. The molecule has 2 heteroatoms. The average Bonchev–Trinajstić information content (AvgIpc) is 3.72. The molecule has 2 atom stereocenters. The molecule has 2 fully saturated rings. The standard InChI is InChI=1S/C58H54N2/c59-55(43-22-10-3-11-23-43)56(60-54(42-20-8-2-9-21-42)36-40-18-6-1-7-19-40)44-28-26-41(27-29-44)45-30-31-51-47(37-45)49-39-52-48(38-53(49)58(51)34-16-5-17-35-58)46-24-12-13-25-50(46)57(52)32-14-4-15-33-57/h1-3,6-13,18-31,37-39,48,52H,4-5,14-17,32-36,59H2/b56-55-,60-54?. The van der Waals surface area contributed by atoms with Gasteiger partial charge in [-0.25, -0.2) is 4.99 Å². The number of nitrogens with zero attached hydrogens (tertiary/aromatic N) is 1. The third kappa shape index (κ3) is 6.18. The molecule has 2 saturated carbocycles. The molecule has 5 aliphatic rings. The van der Waals surface area contributed by atoms with Gasteiger partial charge in [-0.2, -0.15) is 0 Å². The monoisotopic (exact) mass is 778 g/mol. The molecular formula is C58H54N2. The van der Waals surface area contributed by atoms with E-state index in [1.54, 1.807) is 27.8 Å². The molecule has 2 N–H and O–H groups in total. The first-order chi connectivity index (χ1) is 29.6. The maximum Gasteiger partial charge on any atom is 0.0941 e. The van der Waals surface area contributed by atoms with Gasteiger partial charge in [-0.3, -0.25) is 0 Å². The Hall–Kier alpha value is -5.99. The first-order valence-corrected chi connectivity index (χ1v) is 22.6. The van der Waals surface area contributed by atoms with E-state index in [2.05, 4.69) is 152 Å². The number of rotatable bonds is 7. The lowest BCUT2D eigenvalue weighted by atomic mass is 9.61. The molecule has 0 bridgehead atoms. The molecule has 2 nitrogen and oxygen atoms in total. The van der Waals surface area contributed by atoms with E-state index in [4.69, 9.17) is 10.7 Å². The summed E-state index contributed by atoms with van der Waals surface area (Å²) in [5.74, 6) is 1.02. The van der Waals surface area contributed by atoms with Crippen LogP contribution in [0.25, 0.3) is 28.1 Å². The van der Waals surface area contributed by atoms with Gasteiger partial charge in [0.1, 0.15) is 0 Å². The van der Waals surface area contributed by atoms with Crippen molar-refractivity contribution in [3.63, 3.8) is 0 Å². The zero-order valence-electron chi connectivity index (χ0n) is 34.6. The number of benzene rings is 6. The van der Waals surface area contributed by atoms with Crippen molar-refractivity contribution in [2.45, 2.75) is 87.4 Å². The van der Waals surface area contributed by atoms with Gasteiger partial charge in [-0.05, 0) is 98.9 Å². The lowest BCUT2D eigenvalue weighted by molar-refractivity contribution is 0.232. The zero-order valence-corrected chi connectivity index (χ0v) is 34.6.